The fraction of sp³-hybridized carbons (Fsp3) is 0.619. The zero-order valence-corrected chi connectivity index (χ0v) is 18.2. The molecule has 0 N–H and O–H groups in total. The van der Waals surface area contributed by atoms with Crippen molar-refractivity contribution >= 4 is 5.91 Å². The van der Waals surface area contributed by atoms with Crippen molar-refractivity contribution < 1.29 is 19.0 Å². The maximum absolute atomic E-state index is 12.8. The number of aryl methyl sites for hydroxylation is 1. The van der Waals surface area contributed by atoms with Crippen molar-refractivity contribution in [2.75, 3.05) is 46.6 Å². The zero-order valence-electron chi connectivity index (χ0n) is 18.2. The van der Waals surface area contributed by atoms with E-state index >= 15 is 0 Å². The van der Waals surface area contributed by atoms with E-state index in [1.54, 1.807) is 9.58 Å². The molecule has 0 bridgehead atoms. The average Bonchev–Trinajstić information content (AvgIpc) is 3.25. The van der Waals surface area contributed by atoms with Crippen LogP contribution in [0.15, 0.2) is 18.2 Å². The number of amides is 1. The molecule has 2 aliphatic heterocycles. The van der Waals surface area contributed by atoms with Crippen LogP contribution in [-0.4, -0.2) is 82.5 Å². The molecule has 0 spiro atoms. The summed E-state index contributed by atoms with van der Waals surface area (Å²) in [6.45, 7) is 7.69. The van der Waals surface area contributed by atoms with Gasteiger partial charge in [0.05, 0.1) is 25.8 Å². The molecule has 3 heterocycles. The topological polar surface area (TPSA) is 94.8 Å². The van der Waals surface area contributed by atoms with Crippen LogP contribution in [-0.2, 0) is 22.6 Å². The highest BCUT2D eigenvalue weighted by molar-refractivity contribution is 5.76. The van der Waals surface area contributed by atoms with E-state index in [9.17, 15) is 4.79 Å². The minimum absolute atomic E-state index is 0.0618. The minimum atomic E-state index is -0.0618. The second kappa shape index (κ2) is 10.1. The van der Waals surface area contributed by atoms with Gasteiger partial charge in [0.15, 0.2) is 17.3 Å². The molecule has 1 atom stereocenters. The van der Waals surface area contributed by atoms with Crippen molar-refractivity contribution in [3.05, 3.63) is 29.6 Å². The predicted molar refractivity (Wildman–Crippen MR) is 112 cm³/mol. The van der Waals surface area contributed by atoms with E-state index in [4.69, 9.17) is 14.2 Å². The number of benzene rings is 1. The van der Waals surface area contributed by atoms with Crippen molar-refractivity contribution in [3.8, 4) is 11.5 Å². The van der Waals surface area contributed by atoms with Gasteiger partial charge in [-0.25, -0.2) is 4.68 Å². The molecule has 10 nitrogen and oxygen atoms in total. The Hall–Kier alpha value is -2.72. The van der Waals surface area contributed by atoms with E-state index in [0.717, 1.165) is 49.2 Å². The summed E-state index contributed by atoms with van der Waals surface area (Å²) < 4.78 is 18.4. The number of carbonyl (C=O) groups is 1. The van der Waals surface area contributed by atoms with Crippen molar-refractivity contribution in [1.29, 1.82) is 0 Å². The summed E-state index contributed by atoms with van der Waals surface area (Å²) in [4.78, 5) is 16.8. The van der Waals surface area contributed by atoms with Gasteiger partial charge in [0.2, 0.25) is 5.91 Å². The number of aromatic nitrogens is 4. The Kier molecular flexibility index (Phi) is 6.98. The SMILES string of the molecule is C[C@@H](c1ccc2c(c1)OCCO2)N(C)C(=O)CCCn1nnnc1CN1CCOCC1. The van der Waals surface area contributed by atoms with Gasteiger partial charge in [0.1, 0.15) is 13.2 Å². The van der Waals surface area contributed by atoms with Gasteiger partial charge in [-0.3, -0.25) is 9.69 Å². The van der Waals surface area contributed by atoms with Gasteiger partial charge in [-0.15, -0.1) is 5.10 Å². The number of hydrogen-bond acceptors (Lipinski definition) is 8. The molecular weight excluding hydrogens is 400 g/mol. The Labute approximate surface area is 182 Å². The first-order chi connectivity index (χ1) is 15.1. The lowest BCUT2D eigenvalue weighted by Gasteiger charge is -2.27. The van der Waals surface area contributed by atoms with Crippen LogP contribution >= 0.6 is 0 Å². The van der Waals surface area contributed by atoms with Crippen LogP contribution in [0.5, 0.6) is 11.5 Å². The molecule has 0 radical (unpaired) electrons. The number of hydrogen-bond donors (Lipinski definition) is 0. The van der Waals surface area contributed by atoms with Crippen LogP contribution in [0.25, 0.3) is 0 Å². The largest absolute Gasteiger partial charge is 0.486 e. The normalized spacial score (nSPS) is 17.4. The van der Waals surface area contributed by atoms with Crippen LogP contribution in [0.3, 0.4) is 0 Å². The molecule has 1 fully saturated rings. The van der Waals surface area contributed by atoms with E-state index in [0.29, 0.717) is 39.1 Å². The first kappa shape index (κ1) is 21.5. The fourth-order valence-corrected chi connectivity index (χ4v) is 3.79. The first-order valence-corrected chi connectivity index (χ1v) is 10.8. The van der Waals surface area contributed by atoms with Crippen LogP contribution in [0.4, 0.5) is 0 Å². The molecule has 31 heavy (non-hydrogen) atoms. The highest BCUT2D eigenvalue weighted by Crippen LogP contribution is 2.33. The van der Waals surface area contributed by atoms with Crippen molar-refractivity contribution in [1.82, 2.24) is 30.0 Å². The molecule has 0 aliphatic carbocycles. The van der Waals surface area contributed by atoms with Gasteiger partial charge < -0.3 is 19.1 Å². The molecule has 2 aromatic rings. The van der Waals surface area contributed by atoms with Crippen LogP contribution < -0.4 is 9.47 Å². The summed E-state index contributed by atoms with van der Waals surface area (Å²) in [5, 5.41) is 12.1. The van der Waals surface area contributed by atoms with E-state index in [1.165, 1.54) is 0 Å². The monoisotopic (exact) mass is 430 g/mol. The molecule has 1 saturated heterocycles. The molecule has 1 amide bonds. The first-order valence-electron chi connectivity index (χ1n) is 10.8. The smallest absolute Gasteiger partial charge is 0.222 e. The number of rotatable bonds is 8. The van der Waals surface area contributed by atoms with Crippen LogP contribution in [0.1, 0.15) is 37.2 Å². The molecule has 168 valence electrons. The maximum atomic E-state index is 12.8. The summed E-state index contributed by atoms with van der Waals surface area (Å²) in [6.07, 6.45) is 1.11. The van der Waals surface area contributed by atoms with Crippen molar-refractivity contribution in [3.63, 3.8) is 0 Å². The molecule has 1 aromatic heterocycles. The maximum Gasteiger partial charge on any atom is 0.222 e. The number of ether oxygens (including phenoxy) is 3. The van der Waals surface area contributed by atoms with Gasteiger partial charge >= 0.3 is 0 Å². The number of morpholine rings is 1. The van der Waals surface area contributed by atoms with Gasteiger partial charge in [0, 0.05) is 33.1 Å². The van der Waals surface area contributed by atoms with E-state index in [1.807, 2.05) is 32.2 Å². The molecule has 1 aromatic carbocycles. The quantitative estimate of drug-likeness (QED) is 0.618. The lowest BCUT2D eigenvalue weighted by Crippen LogP contribution is -2.36. The second-order valence-corrected chi connectivity index (χ2v) is 7.89. The highest BCUT2D eigenvalue weighted by atomic mass is 16.6. The number of nitrogens with zero attached hydrogens (tertiary/aromatic N) is 6. The number of fused-ring (bicyclic) bond motifs is 1. The van der Waals surface area contributed by atoms with Crippen LogP contribution in [0.2, 0.25) is 0 Å². The molecule has 10 heteroatoms. The molecule has 2 aliphatic rings. The zero-order chi connectivity index (χ0) is 21.6. The third kappa shape index (κ3) is 5.31. The summed E-state index contributed by atoms with van der Waals surface area (Å²) in [5.74, 6) is 2.41. The predicted octanol–water partition coefficient (Wildman–Crippen LogP) is 1.28. The average molecular weight is 431 g/mol. The summed E-state index contributed by atoms with van der Waals surface area (Å²) in [5.41, 5.74) is 1.02. The van der Waals surface area contributed by atoms with Crippen molar-refractivity contribution in [2.45, 2.75) is 38.9 Å². The molecular formula is C21H30N6O4. The Morgan fingerprint density at radius 2 is 1.94 bits per heavy atom. The standard InChI is InChI=1S/C21H30N6O4/c1-16(17-5-6-18-19(14-17)31-13-12-30-18)25(2)21(28)4-3-7-27-20(22-23-24-27)15-26-8-10-29-11-9-26/h5-6,14,16H,3-4,7-13,15H2,1-2H3/t16-/m0/s1. The Bertz CT molecular complexity index is 883. The summed E-state index contributed by atoms with van der Waals surface area (Å²) in [7, 11) is 1.84. The molecule has 0 saturated carbocycles. The van der Waals surface area contributed by atoms with E-state index in [-0.39, 0.29) is 11.9 Å². The third-order valence-electron chi connectivity index (χ3n) is 5.86. The third-order valence-corrected chi connectivity index (χ3v) is 5.86. The molecule has 0 unspecified atom stereocenters. The van der Waals surface area contributed by atoms with Gasteiger partial charge in [-0.05, 0) is 41.5 Å². The number of carbonyl (C=O) groups excluding carboxylic acids is 1. The lowest BCUT2D eigenvalue weighted by atomic mass is 10.1. The Morgan fingerprint density at radius 1 is 1.16 bits per heavy atom. The second-order valence-electron chi connectivity index (χ2n) is 7.89. The van der Waals surface area contributed by atoms with E-state index in [2.05, 4.69) is 20.4 Å². The fourth-order valence-electron chi connectivity index (χ4n) is 3.79. The molecule has 4 rings (SSSR count). The van der Waals surface area contributed by atoms with Crippen molar-refractivity contribution in [2.24, 2.45) is 0 Å². The summed E-state index contributed by atoms with van der Waals surface area (Å²) >= 11 is 0. The summed E-state index contributed by atoms with van der Waals surface area (Å²) in [6, 6.07) is 5.79. The van der Waals surface area contributed by atoms with Gasteiger partial charge in [-0.1, -0.05) is 6.07 Å². The minimum Gasteiger partial charge on any atom is -0.486 e. The lowest BCUT2D eigenvalue weighted by molar-refractivity contribution is -0.132. The highest BCUT2D eigenvalue weighted by Gasteiger charge is 2.21. The Balaban J connectivity index is 1.27. The number of tetrazole rings is 1. The van der Waals surface area contributed by atoms with Gasteiger partial charge in [-0.2, -0.15) is 0 Å². The Morgan fingerprint density at radius 3 is 2.74 bits per heavy atom. The van der Waals surface area contributed by atoms with Gasteiger partial charge in [0.25, 0.3) is 0 Å². The van der Waals surface area contributed by atoms with Crippen LogP contribution in [0, 0.1) is 0 Å². The van der Waals surface area contributed by atoms with E-state index < -0.39 is 0 Å².